The highest BCUT2D eigenvalue weighted by Crippen LogP contribution is 2.44. The molecule has 0 N–H and O–H groups in total. The highest BCUT2D eigenvalue weighted by Gasteiger charge is 2.43. The molecule has 1 atom stereocenters. The molecule has 1 aliphatic heterocycles. The Hall–Kier alpha value is -2.86. The van der Waals surface area contributed by atoms with Gasteiger partial charge in [0.25, 0.3) is 0 Å². The molecule has 30 heavy (non-hydrogen) atoms. The molecule has 6 nitrogen and oxygen atoms in total. The number of halogens is 1. The number of benzene rings is 2. The van der Waals surface area contributed by atoms with Crippen LogP contribution in [0.25, 0.3) is 16.7 Å². The Morgan fingerprint density at radius 3 is 2.57 bits per heavy atom. The van der Waals surface area contributed by atoms with Crippen LogP contribution in [0, 0.1) is 13.8 Å². The van der Waals surface area contributed by atoms with Gasteiger partial charge in [0.15, 0.2) is 0 Å². The van der Waals surface area contributed by atoms with E-state index < -0.39 is 0 Å². The first-order chi connectivity index (χ1) is 14.4. The van der Waals surface area contributed by atoms with Gasteiger partial charge in [-0.05, 0) is 69.0 Å². The van der Waals surface area contributed by atoms with Crippen molar-refractivity contribution < 1.29 is 0 Å². The lowest BCUT2D eigenvalue weighted by Crippen LogP contribution is -2.41. The molecule has 154 valence electrons. The zero-order valence-corrected chi connectivity index (χ0v) is 18.5. The summed E-state index contributed by atoms with van der Waals surface area (Å²) in [6.45, 7) is 7.41. The second-order valence-corrected chi connectivity index (χ2v) is 8.78. The number of hydrogen-bond acceptors (Lipinski definition) is 4. The lowest BCUT2D eigenvalue weighted by molar-refractivity contribution is 0.447. The molecule has 3 heterocycles. The van der Waals surface area contributed by atoms with Gasteiger partial charge in [0.05, 0.1) is 34.7 Å². The Bertz CT molecular complexity index is 1240. The van der Waals surface area contributed by atoms with Crippen molar-refractivity contribution in [1.82, 2.24) is 24.5 Å². The molecule has 0 unspecified atom stereocenters. The summed E-state index contributed by atoms with van der Waals surface area (Å²) in [4.78, 5) is 9.29. The standard InChI is InChI=1S/C23H25ClN6/c1-15-6-8-18(30-25-11-12-26-30)20(14-15)29-13-5-10-23(29,3)22-27-21-16(2)17(24)7-9-19(21)28(22)4/h6-9,11-12,14H,5,10,13H2,1-4H3/t23-/m0/s1. The molecule has 0 amide bonds. The Labute approximate surface area is 181 Å². The third-order valence-electron chi connectivity index (χ3n) is 6.42. The van der Waals surface area contributed by atoms with Crippen molar-refractivity contribution >= 4 is 28.3 Å². The molecule has 0 saturated carbocycles. The number of rotatable bonds is 3. The summed E-state index contributed by atoms with van der Waals surface area (Å²) in [6, 6.07) is 10.5. The van der Waals surface area contributed by atoms with Gasteiger partial charge < -0.3 is 9.47 Å². The first-order valence-corrected chi connectivity index (χ1v) is 10.6. The van der Waals surface area contributed by atoms with E-state index in [1.807, 2.05) is 13.0 Å². The van der Waals surface area contributed by atoms with Gasteiger partial charge in [-0.15, -0.1) is 4.80 Å². The quantitative estimate of drug-likeness (QED) is 0.471. The number of hydrogen-bond donors (Lipinski definition) is 0. The van der Waals surface area contributed by atoms with Crippen LogP contribution in [0.15, 0.2) is 42.7 Å². The van der Waals surface area contributed by atoms with Crippen LogP contribution in [0.2, 0.25) is 5.02 Å². The minimum atomic E-state index is -0.248. The Morgan fingerprint density at radius 1 is 1.03 bits per heavy atom. The van der Waals surface area contributed by atoms with Crippen LogP contribution in [-0.2, 0) is 12.6 Å². The number of aromatic nitrogens is 5. The van der Waals surface area contributed by atoms with Crippen LogP contribution in [0.1, 0.15) is 36.7 Å². The van der Waals surface area contributed by atoms with Gasteiger partial charge in [-0.25, -0.2) is 4.98 Å². The van der Waals surface area contributed by atoms with Crippen LogP contribution in [0.3, 0.4) is 0 Å². The fraction of sp³-hybridized carbons (Fsp3) is 0.348. The molecule has 5 rings (SSSR count). The molecule has 2 aromatic carbocycles. The van der Waals surface area contributed by atoms with Crippen molar-refractivity contribution in [2.24, 2.45) is 7.05 Å². The van der Waals surface area contributed by atoms with Crippen molar-refractivity contribution in [2.45, 2.75) is 39.2 Å². The summed E-state index contributed by atoms with van der Waals surface area (Å²) in [6.07, 6.45) is 5.55. The van der Waals surface area contributed by atoms with Gasteiger partial charge in [-0.1, -0.05) is 17.7 Å². The SMILES string of the molecule is Cc1ccc(-n2nccn2)c(N2CCC[C@@]2(C)c2nc3c(C)c(Cl)ccc3n2C)c1. The van der Waals surface area contributed by atoms with Crippen LogP contribution in [0.5, 0.6) is 0 Å². The molecule has 0 bridgehead atoms. The van der Waals surface area contributed by atoms with Crippen LogP contribution < -0.4 is 4.90 Å². The van der Waals surface area contributed by atoms with E-state index in [4.69, 9.17) is 16.6 Å². The van der Waals surface area contributed by atoms with E-state index in [0.29, 0.717) is 0 Å². The molecule has 1 saturated heterocycles. The van der Waals surface area contributed by atoms with E-state index in [1.54, 1.807) is 17.2 Å². The third-order valence-corrected chi connectivity index (χ3v) is 6.83. The van der Waals surface area contributed by atoms with E-state index >= 15 is 0 Å². The molecular weight excluding hydrogens is 396 g/mol. The van der Waals surface area contributed by atoms with Gasteiger partial charge in [-0.2, -0.15) is 10.2 Å². The first kappa shape index (κ1) is 19.1. The summed E-state index contributed by atoms with van der Waals surface area (Å²) in [5.41, 5.74) is 6.20. The summed E-state index contributed by atoms with van der Waals surface area (Å²) < 4.78 is 2.22. The molecule has 2 aromatic heterocycles. The van der Waals surface area contributed by atoms with E-state index in [0.717, 1.165) is 58.2 Å². The van der Waals surface area contributed by atoms with Crippen molar-refractivity contribution in [3.05, 3.63) is 64.7 Å². The molecule has 1 fully saturated rings. The minimum Gasteiger partial charge on any atom is -0.357 e. The maximum atomic E-state index is 6.39. The third kappa shape index (κ3) is 2.74. The lowest BCUT2D eigenvalue weighted by Gasteiger charge is -2.37. The maximum Gasteiger partial charge on any atom is 0.135 e. The number of aryl methyl sites for hydroxylation is 3. The largest absolute Gasteiger partial charge is 0.357 e. The molecule has 0 aliphatic carbocycles. The molecule has 1 aliphatic rings. The predicted molar refractivity (Wildman–Crippen MR) is 120 cm³/mol. The molecule has 0 spiro atoms. The van der Waals surface area contributed by atoms with Gasteiger partial charge in [0.1, 0.15) is 11.5 Å². The molecular formula is C23H25ClN6. The van der Waals surface area contributed by atoms with Crippen LogP contribution >= 0.6 is 11.6 Å². The van der Waals surface area contributed by atoms with Gasteiger partial charge in [-0.3, -0.25) is 0 Å². The lowest BCUT2D eigenvalue weighted by atomic mass is 9.96. The maximum absolute atomic E-state index is 6.39. The number of nitrogens with zero attached hydrogens (tertiary/aromatic N) is 6. The second kappa shape index (κ2) is 6.84. The van der Waals surface area contributed by atoms with E-state index in [2.05, 4.69) is 64.8 Å². The Morgan fingerprint density at radius 2 is 1.80 bits per heavy atom. The Kier molecular flexibility index (Phi) is 4.36. The van der Waals surface area contributed by atoms with Crippen molar-refractivity contribution in [1.29, 1.82) is 0 Å². The summed E-state index contributed by atoms with van der Waals surface area (Å²) in [5.74, 6) is 1.06. The zero-order valence-electron chi connectivity index (χ0n) is 17.7. The summed E-state index contributed by atoms with van der Waals surface area (Å²) in [7, 11) is 2.10. The molecule has 0 radical (unpaired) electrons. The molecule has 4 aromatic rings. The van der Waals surface area contributed by atoms with E-state index in [-0.39, 0.29) is 5.54 Å². The second-order valence-electron chi connectivity index (χ2n) is 8.37. The Balaban J connectivity index is 1.70. The molecule has 7 heteroatoms. The van der Waals surface area contributed by atoms with Crippen molar-refractivity contribution in [3.8, 4) is 5.69 Å². The fourth-order valence-corrected chi connectivity index (χ4v) is 4.94. The van der Waals surface area contributed by atoms with E-state index in [9.17, 15) is 0 Å². The van der Waals surface area contributed by atoms with E-state index in [1.165, 1.54) is 5.56 Å². The zero-order chi connectivity index (χ0) is 21.0. The normalized spacial score (nSPS) is 19.2. The van der Waals surface area contributed by atoms with Crippen molar-refractivity contribution in [2.75, 3.05) is 11.4 Å². The average molecular weight is 421 g/mol. The first-order valence-electron chi connectivity index (χ1n) is 10.3. The van der Waals surface area contributed by atoms with Crippen LogP contribution in [0.4, 0.5) is 5.69 Å². The minimum absolute atomic E-state index is 0.248. The smallest absolute Gasteiger partial charge is 0.135 e. The topological polar surface area (TPSA) is 51.8 Å². The number of anilines is 1. The van der Waals surface area contributed by atoms with Gasteiger partial charge in [0.2, 0.25) is 0 Å². The number of imidazole rings is 1. The monoisotopic (exact) mass is 420 g/mol. The predicted octanol–water partition coefficient (Wildman–Crippen LogP) is 4.94. The van der Waals surface area contributed by atoms with Gasteiger partial charge >= 0.3 is 0 Å². The highest BCUT2D eigenvalue weighted by atomic mass is 35.5. The summed E-state index contributed by atoms with van der Waals surface area (Å²) in [5, 5.41) is 9.53. The highest BCUT2D eigenvalue weighted by molar-refractivity contribution is 6.32. The summed E-state index contributed by atoms with van der Waals surface area (Å²) >= 11 is 6.39. The van der Waals surface area contributed by atoms with Gasteiger partial charge in [0, 0.05) is 18.6 Å². The van der Waals surface area contributed by atoms with Crippen molar-refractivity contribution in [3.63, 3.8) is 0 Å². The number of fused-ring (bicyclic) bond motifs is 1. The average Bonchev–Trinajstić information content (AvgIpc) is 3.45. The van der Waals surface area contributed by atoms with Crippen LogP contribution in [-0.4, -0.2) is 31.1 Å². The fourth-order valence-electron chi connectivity index (χ4n) is 4.79.